The normalized spacial score (nSPS) is 16.3. The second-order valence-corrected chi connectivity index (χ2v) is 6.96. The van der Waals surface area contributed by atoms with Gasteiger partial charge in [-0.15, -0.1) is 0 Å². The third-order valence-electron chi connectivity index (χ3n) is 3.52. The van der Waals surface area contributed by atoms with E-state index in [1.165, 1.54) is 12.8 Å². The van der Waals surface area contributed by atoms with Crippen LogP contribution in [0.25, 0.3) is 0 Å². The van der Waals surface area contributed by atoms with E-state index in [4.69, 9.17) is 5.73 Å². The quantitative estimate of drug-likeness (QED) is 0.804. The standard InChI is InChI=1S/C15H20N2O2S/c1-12(14-6-7-14)11-17-20(18,19)15-8-4-13(5-9-15)3-2-10-16/h4-5,8-9,12,14,17H,6-7,10-11,16H2,1H3. The molecule has 0 aliphatic heterocycles. The molecule has 108 valence electrons. The van der Waals surface area contributed by atoms with Gasteiger partial charge in [-0.2, -0.15) is 0 Å². The first-order valence-electron chi connectivity index (χ1n) is 6.81. The van der Waals surface area contributed by atoms with Crippen molar-refractivity contribution in [3.8, 4) is 11.8 Å². The van der Waals surface area contributed by atoms with E-state index in [1.54, 1.807) is 24.3 Å². The fraction of sp³-hybridized carbons (Fsp3) is 0.467. The lowest BCUT2D eigenvalue weighted by atomic mass is 10.1. The molecule has 0 spiro atoms. The van der Waals surface area contributed by atoms with Crippen molar-refractivity contribution in [2.75, 3.05) is 13.1 Å². The van der Waals surface area contributed by atoms with Crippen LogP contribution in [0.1, 0.15) is 25.3 Å². The Balaban J connectivity index is 2.01. The van der Waals surface area contributed by atoms with Gasteiger partial charge in [0.05, 0.1) is 11.4 Å². The van der Waals surface area contributed by atoms with Crippen molar-refractivity contribution in [2.45, 2.75) is 24.7 Å². The lowest BCUT2D eigenvalue weighted by Gasteiger charge is -2.12. The van der Waals surface area contributed by atoms with Crippen molar-refractivity contribution in [1.29, 1.82) is 0 Å². The molecule has 3 N–H and O–H groups in total. The molecule has 1 atom stereocenters. The maximum atomic E-state index is 12.1. The molecular formula is C15H20N2O2S. The summed E-state index contributed by atoms with van der Waals surface area (Å²) in [4.78, 5) is 0.277. The Kier molecular flexibility index (Phi) is 4.81. The van der Waals surface area contributed by atoms with Gasteiger partial charge in [0.2, 0.25) is 10.0 Å². The maximum absolute atomic E-state index is 12.1. The van der Waals surface area contributed by atoms with Crippen LogP contribution in [0, 0.1) is 23.7 Å². The third-order valence-corrected chi connectivity index (χ3v) is 4.96. The highest BCUT2D eigenvalue weighted by molar-refractivity contribution is 7.89. The summed E-state index contributed by atoms with van der Waals surface area (Å²) in [6.45, 7) is 2.88. The van der Waals surface area contributed by atoms with Gasteiger partial charge >= 0.3 is 0 Å². The van der Waals surface area contributed by atoms with Gasteiger partial charge in [-0.3, -0.25) is 0 Å². The topological polar surface area (TPSA) is 72.2 Å². The van der Waals surface area contributed by atoms with Crippen LogP contribution in [0.3, 0.4) is 0 Å². The van der Waals surface area contributed by atoms with E-state index in [9.17, 15) is 8.42 Å². The molecule has 0 aromatic heterocycles. The number of nitrogens with one attached hydrogen (secondary N) is 1. The van der Waals surface area contributed by atoms with E-state index in [1.807, 2.05) is 0 Å². The Morgan fingerprint density at radius 2 is 2.00 bits per heavy atom. The number of sulfonamides is 1. The zero-order valence-corrected chi connectivity index (χ0v) is 12.4. The van der Waals surface area contributed by atoms with Gasteiger partial charge in [-0.1, -0.05) is 18.8 Å². The molecule has 5 heteroatoms. The summed E-state index contributed by atoms with van der Waals surface area (Å²) >= 11 is 0. The van der Waals surface area contributed by atoms with E-state index in [0.29, 0.717) is 24.9 Å². The number of benzene rings is 1. The predicted molar refractivity (Wildman–Crippen MR) is 79.5 cm³/mol. The van der Waals surface area contributed by atoms with Crippen LogP contribution >= 0.6 is 0 Å². The summed E-state index contributed by atoms with van der Waals surface area (Å²) < 4.78 is 27.0. The summed E-state index contributed by atoms with van der Waals surface area (Å²) in [6.07, 6.45) is 2.44. The monoisotopic (exact) mass is 292 g/mol. The Bertz CT molecular complexity index is 608. The second kappa shape index (κ2) is 6.40. The van der Waals surface area contributed by atoms with Crippen molar-refractivity contribution < 1.29 is 8.42 Å². The summed E-state index contributed by atoms with van der Waals surface area (Å²) in [6, 6.07) is 6.54. The minimum atomic E-state index is -3.42. The fourth-order valence-corrected chi connectivity index (χ4v) is 3.17. The van der Waals surface area contributed by atoms with Crippen LogP contribution in [0.4, 0.5) is 0 Å². The molecule has 1 aromatic rings. The Morgan fingerprint density at radius 1 is 1.35 bits per heavy atom. The molecule has 1 aromatic carbocycles. The second-order valence-electron chi connectivity index (χ2n) is 5.20. The Labute approximate surface area is 120 Å². The molecule has 1 aliphatic carbocycles. The van der Waals surface area contributed by atoms with Gasteiger partial charge in [0.25, 0.3) is 0 Å². The molecule has 1 aliphatic rings. The summed E-state index contributed by atoms with van der Waals surface area (Å²) in [5, 5.41) is 0. The molecule has 20 heavy (non-hydrogen) atoms. The van der Waals surface area contributed by atoms with Crippen LogP contribution in [0.2, 0.25) is 0 Å². The molecule has 0 saturated heterocycles. The van der Waals surface area contributed by atoms with Crippen LogP contribution in [0.5, 0.6) is 0 Å². The number of hydrogen-bond donors (Lipinski definition) is 2. The van der Waals surface area contributed by atoms with Crippen molar-refractivity contribution in [1.82, 2.24) is 4.72 Å². The van der Waals surface area contributed by atoms with E-state index in [-0.39, 0.29) is 4.90 Å². The highest BCUT2D eigenvalue weighted by atomic mass is 32.2. The van der Waals surface area contributed by atoms with Crippen molar-refractivity contribution >= 4 is 10.0 Å². The smallest absolute Gasteiger partial charge is 0.240 e. The molecule has 0 radical (unpaired) electrons. The van der Waals surface area contributed by atoms with Crippen molar-refractivity contribution in [2.24, 2.45) is 17.6 Å². The van der Waals surface area contributed by atoms with Crippen LogP contribution in [0.15, 0.2) is 29.2 Å². The van der Waals surface area contributed by atoms with Crippen LogP contribution < -0.4 is 10.5 Å². The van der Waals surface area contributed by atoms with E-state index in [2.05, 4.69) is 23.5 Å². The molecule has 2 rings (SSSR count). The van der Waals surface area contributed by atoms with E-state index in [0.717, 1.165) is 5.56 Å². The number of nitrogens with two attached hydrogens (primary N) is 1. The molecule has 0 amide bonds. The first-order chi connectivity index (χ1) is 9.53. The SMILES string of the molecule is CC(CNS(=O)(=O)c1ccc(C#CCN)cc1)C1CC1. The van der Waals surface area contributed by atoms with Crippen molar-refractivity contribution in [3.05, 3.63) is 29.8 Å². The molecule has 4 nitrogen and oxygen atoms in total. The van der Waals surface area contributed by atoms with Gasteiger partial charge in [0, 0.05) is 12.1 Å². The molecule has 1 saturated carbocycles. The average Bonchev–Trinajstić information content (AvgIpc) is 3.27. The fourth-order valence-electron chi connectivity index (χ4n) is 2.03. The first-order valence-corrected chi connectivity index (χ1v) is 8.30. The predicted octanol–water partition coefficient (Wildman–Crippen LogP) is 1.32. The molecule has 0 heterocycles. The summed E-state index contributed by atoms with van der Waals surface area (Å²) in [5.41, 5.74) is 6.06. The third kappa shape index (κ3) is 4.07. The molecule has 0 bridgehead atoms. The number of rotatable bonds is 5. The van der Waals surface area contributed by atoms with E-state index < -0.39 is 10.0 Å². The average molecular weight is 292 g/mol. The summed E-state index contributed by atoms with van der Waals surface area (Å²) in [5.74, 6) is 6.69. The highest BCUT2D eigenvalue weighted by Crippen LogP contribution is 2.36. The van der Waals surface area contributed by atoms with Crippen LogP contribution in [-0.4, -0.2) is 21.5 Å². The molecule has 1 fully saturated rings. The minimum Gasteiger partial charge on any atom is -0.320 e. The van der Waals surface area contributed by atoms with E-state index >= 15 is 0 Å². The minimum absolute atomic E-state index is 0.277. The number of hydrogen-bond acceptors (Lipinski definition) is 3. The van der Waals surface area contributed by atoms with Crippen LogP contribution in [-0.2, 0) is 10.0 Å². The van der Waals surface area contributed by atoms with Gasteiger partial charge in [0.15, 0.2) is 0 Å². The van der Waals surface area contributed by atoms with Crippen molar-refractivity contribution in [3.63, 3.8) is 0 Å². The molecular weight excluding hydrogens is 272 g/mol. The largest absolute Gasteiger partial charge is 0.320 e. The summed E-state index contributed by atoms with van der Waals surface area (Å²) in [7, 11) is -3.42. The van der Waals surface area contributed by atoms with Gasteiger partial charge in [-0.05, 0) is 48.9 Å². The molecule has 1 unspecified atom stereocenters. The Hall–Kier alpha value is -1.35. The maximum Gasteiger partial charge on any atom is 0.240 e. The van der Waals surface area contributed by atoms with Gasteiger partial charge in [-0.25, -0.2) is 13.1 Å². The lowest BCUT2D eigenvalue weighted by molar-refractivity contribution is 0.492. The van der Waals surface area contributed by atoms with Gasteiger partial charge in [0.1, 0.15) is 0 Å². The van der Waals surface area contributed by atoms with Gasteiger partial charge < -0.3 is 5.73 Å². The Morgan fingerprint density at radius 3 is 2.55 bits per heavy atom. The highest BCUT2D eigenvalue weighted by Gasteiger charge is 2.28. The lowest BCUT2D eigenvalue weighted by Crippen LogP contribution is -2.29. The zero-order chi connectivity index (χ0) is 14.6. The zero-order valence-electron chi connectivity index (χ0n) is 11.6. The first kappa shape index (κ1) is 15.0.